The van der Waals surface area contributed by atoms with E-state index < -0.39 is 6.10 Å². The Labute approximate surface area is 126 Å². The fourth-order valence-corrected chi connectivity index (χ4v) is 4.09. The maximum absolute atomic E-state index is 10.8. The number of hydrogen-bond acceptors (Lipinski definition) is 2. The monoisotopic (exact) mass is 294 g/mol. The van der Waals surface area contributed by atoms with Crippen LogP contribution < -0.4 is 0 Å². The first-order valence-corrected chi connectivity index (χ1v) is 8.06. The van der Waals surface area contributed by atoms with E-state index in [4.69, 9.17) is 16.3 Å². The fourth-order valence-electron chi connectivity index (χ4n) is 3.86. The van der Waals surface area contributed by atoms with Crippen molar-refractivity contribution in [2.75, 3.05) is 6.61 Å². The predicted octanol–water partition coefficient (Wildman–Crippen LogP) is 4.42. The summed E-state index contributed by atoms with van der Waals surface area (Å²) in [6.07, 6.45) is 6.24. The van der Waals surface area contributed by atoms with Gasteiger partial charge in [-0.25, -0.2) is 0 Å². The number of aryl methyl sites for hydroxylation is 1. The summed E-state index contributed by atoms with van der Waals surface area (Å²) in [7, 11) is 0. The predicted molar refractivity (Wildman–Crippen MR) is 81.0 cm³/mol. The molecule has 0 aromatic heterocycles. The van der Waals surface area contributed by atoms with Crippen LogP contribution in [-0.2, 0) is 4.74 Å². The molecule has 2 nitrogen and oxygen atoms in total. The molecule has 1 spiro atoms. The second kappa shape index (κ2) is 5.67. The zero-order valence-corrected chi connectivity index (χ0v) is 12.8. The Kier molecular flexibility index (Phi) is 4.07. The number of hydrogen-bond donors (Lipinski definition) is 1. The Morgan fingerprint density at radius 3 is 2.85 bits per heavy atom. The zero-order valence-electron chi connectivity index (χ0n) is 12.1. The third-order valence-electron chi connectivity index (χ3n) is 5.03. The second-order valence-electron chi connectivity index (χ2n) is 6.41. The van der Waals surface area contributed by atoms with Crippen molar-refractivity contribution in [1.29, 1.82) is 0 Å². The van der Waals surface area contributed by atoms with E-state index in [0.717, 1.165) is 43.4 Å². The lowest BCUT2D eigenvalue weighted by Gasteiger charge is -2.40. The van der Waals surface area contributed by atoms with Crippen molar-refractivity contribution in [3.63, 3.8) is 0 Å². The Morgan fingerprint density at radius 2 is 2.10 bits per heavy atom. The summed E-state index contributed by atoms with van der Waals surface area (Å²) in [6, 6.07) is 5.92. The molecule has 1 N–H and O–H groups in total. The van der Waals surface area contributed by atoms with E-state index in [1.165, 1.54) is 12.8 Å². The third kappa shape index (κ3) is 2.61. The number of ether oxygens (including phenoxy) is 1. The first-order valence-electron chi connectivity index (χ1n) is 7.68. The van der Waals surface area contributed by atoms with Crippen LogP contribution in [0.5, 0.6) is 0 Å². The Bertz CT molecular complexity index is 480. The first-order chi connectivity index (χ1) is 9.61. The van der Waals surface area contributed by atoms with E-state index >= 15 is 0 Å². The van der Waals surface area contributed by atoms with Crippen LogP contribution in [-0.4, -0.2) is 17.3 Å². The summed E-state index contributed by atoms with van der Waals surface area (Å²) in [6.45, 7) is 2.76. The van der Waals surface area contributed by atoms with Crippen molar-refractivity contribution in [3.8, 4) is 0 Å². The average molecular weight is 295 g/mol. The third-order valence-corrected chi connectivity index (χ3v) is 5.55. The molecule has 3 rings (SSSR count). The summed E-state index contributed by atoms with van der Waals surface area (Å²) in [4.78, 5) is 0. The molecule has 1 saturated heterocycles. The first kappa shape index (κ1) is 14.4. The lowest BCUT2D eigenvalue weighted by atomic mass is 9.79. The molecule has 1 aromatic rings. The molecule has 1 saturated carbocycles. The molecular formula is C17H23ClO2. The van der Waals surface area contributed by atoms with E-state index in [1.54, 1.807) is 0 Å². The van der Waals surface area contributed by atoms with Crippen LogP contribution in [0.2, 0.25) is 5.02 Å². The lowest BCUT2D eigenvalue weighted by Crippen LogP contribution is -2.39. The summed E-state index contributed by atoms with van der Waals surface area (Å²) in [5.74, 6) is 0.265. The molecule has 110 valence electrons. The summed E-state index contributed by atoms with van der Waals surface area (Å²) in [5.41, 5.74) is 1.96. The minimum absolute atomic E-state index is 0.0419. The molecule has 2 unspecified atom stereocenters. The SMILES string of the molecule is Cc1cccc(C(O)C2CCOC3(CCCC3)C2)c1Cl. The van der Waals surface area contributed by atoms with Gasteiger partial charge in [0.15, 0.2) is 0 Å². The number of benzene rings is 1. The van der Waals surface area contributed by atoms with Crippen molar-refractivity contribution in [2.24, 2.45) is 5.92 Å². The highest BCUT2D eigenvalue weighted by Crippen LogP contribution is 2.46. The van der Waals surface area contributed by atoms with Gasteiger partial charge in [0.05, 0.1) is 11.7 Å². The molecule has 20 heavy (non-hydrogen) atoms. The van der Waals surface area contributed by atoms with E-state index in [1.807, 2.05) is 25.1 Å². The molecule has 0 amide bonds. The maximum atomic E-state index is 10.8. The molecule has 2 atom stereocenters. The Morgan fingerprint density at radius 1 is 1.35 bits per heavy atom. The van der Waals surface area contributed by atoms with Gasteiger partial charge in [-0.1, -0.05) is 42.6 Å². The van der Waals surface area contributed by atoms with Crippen LogP contribution in [0.3, 0.4) is 0 Å². The van der Waals surface area contributed by atoms with Crippen molar-refractivity contribution in [2.45, 2.75) is 57.2 Å². The lowest BCUT2D eigenvalue weighted by molar-refractivity contribution is -0.113. The van der Waals surface area contributed by atoms with Gasteiger partial charge in [0.1, 0.15) is 0 Å². The molecule has 1 aromatic carbocycles. The van der Waals surface area contributed by atoms with Gasteiger partial charge in [0.25, 0.3) is 0 Å². The fraction of sp³-hybridized carbons (Fsp3) is 0.647. The molecule has 3 heteroatoms. The van der Waals surface area contributed by atoms with Crippen LogP contribution in [0, 0.1) is 12.8 Å². The van der Waals surface area contributed by atoms with E-state index in [0.29, 0.717) is 5.02 Å². The zero-order chi connectivity index (χ0) is 14.2. The highest BCUT2D eigenvalue weighted by Gasteiger charge is 2.42. The largest absolute Gasteiger partial charge is 0.388 e. The van der Waals surface area contributed by atoms with E-state index in [-0.39, 0.29) is 11.5 Å². The van der Waals surface area contributed by atoms with Gasteiger partial charge in [-0.15, -0.1) is 0 Å². The van der Waals surface area contributed by atoms with Gasteiger partial charge in [-0.2, -0.15) is 0 Å². The van der Waals surface area contributed by atoms with Crippen molar-refractivity contribution in [1.82, 2.24) is 0 Å². The summed E-state index contributed by atoms with van der Waals surface area (Å²) in [5, 5.41) is 11.5. The van der Waals surface area contributed by atoms with Gasteiger partial charge >= 0.3 is 0 Å². The summed E-state index contributed by atoms with van der Waals surface area (Å²) < 4.78 is 6.05. The number of aliphatic hydroxyl groups excluding tert-OH is 1. The van der Waals surface area contributed by atoms with Crippen LogP contribution >= 0.6 is 11.6 Å². The number of halogens is 1. The van der Waals surface area contributed by atoms with E-state index in [9.17, 15) is 5.11 Å². The van der Waals surface area contributed by atoms with Crippen molar-refractivity contribution < 1.29 is 9.84 Å². The Hall–Kier alpha value is -0.570. The van der Waals surface area contributed by atoms with Gasteiger partial charge in [0, 0.05) is 11.6 Å². The minimum Gasteiger partial charge on any atom is -0.388 e. The van der Waals surface area contributed by atoms with Gasteiger partial charge in [-0.05, 0) is 49.7 Å². The molecule has 1 heterocycles. The van der Waals surface area contributed by atoms with Crippen molar-refractivity contribution in [3.05, 3.63) is 34.3 Å². The van der Waals surface area contributed by atoms with Gasteiger partial charge in [-0.3, -0.25) is 0 Å². The molecule has 0 radical (unpaired) electrons. The molecule has 2 fully saturated rings. The maximum Gasteiger partial charge on any atom is 0.0834 e. The van der Waals surface area contributed by atoms with Gasteiger partial charge < -0.3 is 9.84 Å². The van der Waals surface area contributed by atoms with Crippen LogP contribution in [0.15, 0.2) is 18.2 Å². The highest BCUT2D eigenvalue weighted by atomic mass is 35.5. The molecular weight excluding hydrogens is 272 g/mol. The molecule has 0 bridgehead atoms. The average Bonchev–Trinajstić information content (AvgIpc) is 2.89. The molecule has 1 aliphatic heterocycles. The second-order valence-corrected chi connectivity index (χ2v) is 6.79. The topological polar surface area (TPSA) is 29.5 Å². The quantitative estimate of drug-likeness (QED) is 0.875. The standard InChI is InChI=1S/C17H23ClO2/c1-12-5-4-6-14(15(12)18)16(19)13-7-10-20-17(11-13)8-2-3-9-17/h4-6,13,16,19H,2-3,7-11H2,1H3. The van der Waals surface area contributed by atoms with Crippen LogP contribution in [0.4, 0.5) is 0 Å². The minimum atomic E-state index is -0.469. The van der Waals surface area contributed by atoms with Crippen molar-refractivity contribution >= 4 is 11.6 Å². The normalized spacial score (nSPS) is 26.9. The van der Waals surface area contributed by atoms with E-state index in [2.05, 4.69) is 0 Å². The number of rotatable bonds is 2. The highest BCUT2D eigenvalue weighted by molar-refractivity contribution is 6.32. The Balaban J connectivity index is 1.79. The smallest absolute Gasteiger partial charge is 0.0834 e. The molecule has 2 aliphatic rings. The van der Waals surface area contributed by atoms with Gasteiger partial charge in [0.2, 0.25) is 0 Å². The summed E-state index contributed by atoms with van der Waals surface area (Å²) >= 11 is 6.37. The molecule has 1 aliphatic carbocycles. The number of aliphatic hydroxyl groups is 1. The van der Waals surface area contributed by atoms with Crippen LogP contribution in [0.25, 0.3) is 0 Å². The van der Waals surface area contributed by atoms with Crippen LogP contribution in [0.1, 0.15) is 55.8 Å².